The molecule has 0 radical (unpaired) electrons. The number of oxazole rings is 1. The third-order valence-electron chi connectivity index (χ3n) is 6.54. The summed E-state index contributed by atoms with van der Waals surface area (Å²) in [5.41, 5.74) is 3.45. The molecule has 0 spiro atoms. The van der Waals surface area contributed by atoms with E-state index in [2.05, 4.69) is 17.1 Å². The predicted molar refractivity (Wildman–Crippen MR) is 120 cm³/mol. The van der Waals surface area contributed by atoms with Crippen molar-refractivity contribution in [1.82, 2.24) is 19.3 Å². The quantitative estimate of drug-likeness (QED) is 0.447. The average Bonchev–Trinajstić information content (AvgIpc) is 3.49. The second-order valence-corrected chi connectivity index (χ2v) is 8.31. The van der Waals surface area contributed by atoms with Gasteiger partial charge in [-0.2, -0.15) is 0 Å². The van der Waals surface area contributed by atoms with Crippen LogP contribution >= 0.6 is 0 Å². The monoisotopic (exact) mass is 444 g/mol. The minimum absolute atomic E-state index is 0.135. The minimum atomic E-state index is -0.394. The Morgan fingerprint density at radius 1 is 1.12 bits per heavy atom. The maximum Gasteiger partial charge on any atom is 0.338 e. The van der Waals surface area contributed by atoms with Gasteiger partial charge in [0.1, 0.15) is 5.65 Å². The van der Waals surface area contributed by atoms with Crippen molar-refractivity contribution in [3.63, 3.8) is 0 Å². The van der Waals surface area contributed by atoms with Crippen LogP contribution in [-0.2, 0) is 10.2 Å². The molecule has 0 saturated carbocycles. The van der Waals surface area contributed by atoms with Gasteiger partial charge in [-0.25, -0.2) is 14.8 Å². The van der Waals surface area contributed by atoms with Crippen LogP contribution in [0.4, 0.5) is 0 Å². The lowest BCUT2D eigenvalue weighted by Crippen LogP contribution is -2.46. The summed E-state index contributed by atoms with van der Waals surface area (Å²) in [6.45, 7) is 2.90. The van der Waals surface area contributed by atoms with E-state index in [0.29, 0.717) is 48.6 Å². The molecule has 0 aliphatic carbocycles. The van der Waals surface area contributed by atoms with Crippen molar-refractivity contribution >= 4 is 17.5 Å². The highest BCUT2D eigenvalue weighted by Crippen LogP contribution is 2.41. The molecular formula is C25H24N4O4. The molecule has 8 nitrogen and oxygen atoms in total. The summed E-state index contributed by atoms with van der Waals surface area (Å²) in [5, 5.41) is 0. The van der Waals surface area contributed by atoms with Crippen LogP contribution in [0.25, 0.3) is 5.65 Å². The summed E-state index contributed by atoms with van der Waals surface area (Å²) >= 11 is 0. The number of piperidine rings is 1. The molecule has 1 aromatic carbocycles. The number of aryl methyl sites for hydroxylation is 1. The number of likely N-dealkylation sites (tertiary alicyclic amines) is 1. The number of rotatable bonds is 4. The number of fused-ring (bicyclic) bond motifs is 1. The zero-order valence-corrected chi connectivity index (χ0v) is 18.5. The number of carbonyl (C=O) groups excluding carboxylic acids is 2. The predicted octanol–water partition coefficient (Wildman–Crippen LogP) is 3.64. The van der Waals surface area contributed by atoms with Crippen LogP contribution in [0.5, 0.6) is 0 Å². The zero-order valence-electron chi connectivity index (χ0n) is 18.5. The first-order chi connectivity index (χ1) is 16.0. The van der Waals surface area contributed by atoms with Gasteiger partial charge in [-0.05, 0) is 37.5 Å². The number of amides is 1. The van der Waals surface area contributed by atoms with Crippen molar-refractivity contribution in [1.29, 1.82) is 0 Å². The van der Waals surface area contributed by atoms with E-state index in [1.54, 1.807) is 19.1 Å². The normalized spacial score (nSPS) is 15.5. The van der Waals surface area contributed by atoms with Crippen LogP contribution in [0.15, 0.2) is 65.7 Å². The van der Waals surface area contributed by atoms with Gasteiger partial charge in [-0.3, -0.25) is 4.79 Å². The third kappa shape index (κ3) is 3.57. The first-order valence-corrected chi connectivity index (χ1v) is 10.8. The van der Waals surface area contributed by atoms with Gasteiger partial charge in [0.15, 0.2) is 6.39 Å². The van der Waals surface area contributed by atoms with E-state index < -0.39 is 5.97 Å². The van der Waals surface area contributed by atoms with E-state index in [1.807, 2.05) is 39.9 Å². The largest absolute Gasteiger partial charge is 0.465 e. The van der Waals surface area contributed by atoms with Gasteiger partial charge in [0.25, 0.3) is 5.91 Å². The number of benzene rings is 1. The number of pyridine rings is 1. The number of hydrogen-bond acceptors (Lipinski definition) is 6. The molecule has 0 bridgehead atoms. The van der Waals surface area contributed by atoms with Gasteiger partial charge < -0.3 is 18.5 Å². The summed E-state index contributed by atoms with van der Waals surface area (Å²) in [6.07, 6.45) is 6.57. The van der Waals surface area contributed by atoms with Gasteiger partial charge in [-0.1, -0.05) is 30.3 Å². The number of ether oxygens (including phenoxy) is 1. The van der Waals surface area contributed by atoms with Gasteiger partial charge in [-0.15, -0.1) is 0 Å². The fraction of sp³-hybridized carbons (Fsp3) is 0.280. The molecule has 1 amide bonds. The van der Waals surface area contributed by atoms with Crippen LogP contribution in [0.2, 0.25) is 0 Å². The van der Waals surface area contributed by atoms with Crippen molar-refractivity contribution in [3.05, 3.63) is 89.5 Å². The number of carbonyl (C=O) groups is 2. The standard InChI is InChI=1S/C25H24N4O4/c1-17-22(33-16-26-17)23(30)28-12-9-25(10-13-28,19-6-4-3-5-7-19)20-15-29-11-8-18(24(31)32-2)14-21(29)27-20/h3-8,11,14-16H,9-10,12-13H2,1-2H3. The van der Waals surface area contributed by atoms with Crippen LogP contribution < -0.4 is 0 Å². The zero-order chi connectivity index (χ0) is 23.0. The summed E-state index contributed by atoms with van der Waals surface area (Å²) in [7, 11) is 1.36. The Morgan fingerprint density at radius 2 is 1.88 bits per heavy atom. The SMILES string of the molecule is COC(=O)c1ccn2cc(C3(c4ccccc4)CCN(C(=O)c4ocnc4C)CC3)nc2c1. The second-order valence-electron chi connectivity index (χ2n) is 8.31. The Labute approximate surface area is 190 Å². The topological polar surface area (TPSA) is 89.9 Å². The summed E-state index contributed by atoms with van der Waals surface area (Å²) in [6, 6.07) is 13.7. The Kier molecular flexibility index (Phi) is 5.20. The van der Waals surface area contributed by atoms with Crippen LogP contribution in [0, 0.1) is 6.92 Å². The van der Waals surface area contributed by atoms with Gasteiger partial charge >= 0.3 is 5.97 Å². The van der Waals surface area contributed by atoms with E-state index >= 15 is 0 Å². The summed E-state index contributed by atoms with van der Waals surface area (Å²) in [4.78, 5) is 35.7. The Bertz CT molecular complexity index is 1320. The number of methoxy groups -OCH3 is 1. The fourth-order valence-corrected chi connectivity index (χ4v) is 4.65. The Morgan fingerprint density at radius 3 is 2.55 bits per heavy atom. The number of imidazole rings is 1. The number of esters is 1. The van der Waals surface area contributed by atoms with Crippen molar-refractivity contribution in [2.24, 2.45) is 0 Å². The van der Waals surface area contributed by atoms with Crippen LogP contribution in [-0.4, -0.2) is 51.3 Å². The third-order valence-corrected chi connectivity index (χ3v) is 6.54. The molecule has 168 valence electrons. The maximum atomic E-state index is 13.0. The molecule has 1 aliphatic rings. The van der Waals surface area contributed by atoms with Crippen LogP contribution in [0.1, 0.15) is 50.7 Å². The Hall–Kier alpha value is -3.94. The van der Waals surface area contributed by atoms with E-state index in [1.165, 1.54) is 13.5 Å². The van der Waals surface area contributed by atoms with Crippen molar-refractivity contribution < 1.29 is 18.7 Å². The van der Waals surface area contributed by atoms with Gasteiger partial charge in [0.05, 0.1) is 24.1 Å². The molecule has 0 N–H and O–H groups in total. The second kappa shape index (κ2) is 8.20. The summed E-state index contributed by atoms with van der Waals surface area (Å²) < 4.78 is 12.1. The molecule has 4 heterocycles. The van der Waals surface area contributed by atoms with Gasteiger partial charge in [0, 0.05) is 30.9 Å². The molecule has 1 aliphatic heterocycles. The lowest BCUT2D eigenvalue weighted by molar-refractivity contribution is 0.0599. The highest BCUT2D eigenvalue weighted by molar-refractivity contribution is 5.92. The minimum Gasteiger partial charge on any atom is -0.465 e. The first kappa shape index (κ1) is 20.9. The van der Waals surface area contributed by atoms with E-state index in [0.717, 1.165) is 11.3 Å². The molecule has 5 rings (SSSR count). The lowest BCUT2D eigenvalue weighted by atomic mass is 9.70. The van der Waals surface area contributed by atoms with E-state index in [4.69, 9.17) is 14.1 Å². The number of nitrogens with zero attached hydrogens (tertiary/aromatic N) is 4. The highest BCUT2D eigenvalue weighted by atomic mass is 16.5. The van der Waals surface area contributed by atoms with Crippen molar-refractivity contribution in [2.45, 2.75) is 25.2 Å². The average molecular weight is 444 g/mol. The lowest BCUT2D eigenvalue weighted by Gasteiger charge is -2.41. The van der Waals surface area contributed by atoms with Crippen LogP contribution in [0.3, 0.4) is 0 Å². The molecule has 0 unspecified atom stereocenters. The molecule has 1 fully saturated rings. The fourth-order valence-electron chi connectivity index (χ4n) is 4.65. The van der Waals surface area contributed by atoms with Crippen molar-refractivity contribution in [3.8, 4) is 0 Å². The van der Waals surface area contributed by atoms with Crippen molar-refractivity contribution in [2.75, 3.05) is 20.2 Å². The Balaban J connectivity index is 1.51. The molecule has 0 atom stereocenters. The number of hydrogen-bond donors (Lipinski definition) is 0. The molecule has 4 aromatic rings. The van der Waals surface area contributed by atoms with E-state index in [9.17, 15) is 9.59 Å². The maximum absolute atomic E-state index is 13.0. The number of aromatic nitrogens is 3. The molecule has 33 heavy (non-hydrogen) atoms. The molecule has 3 aromatic heterocycles. The first-order valence-electron chi connectivity index (χ1n) is 10.8. The molecular weight excluding hydrogens is 420 g/mol. The molecule has 1 saturated heterocycles. The van der Waals surface area contributed by atoms with Gasteiger partial charge in [0.2, 0.25) is 5.76 Å². The smallest absolute Gasteiger partial charge is 0.338 e. The van der Waals surface area contributed by atoms with E-state index in [-0.39, 0.29) is 11.3 Å². The highest BCUT2D eigenvalue weighted by Gasteiger charge is 2.41. The molecule has 8 heteroatoms. The summed E-state index contributed by atoms with van der Waals surface area (Å²) in [5.74, 6) is -0.232.